The minimum atomic E-state index is -0.0615. The van der Waals surface area contributed by atoms with Crippen LogP contribution in [0.4, 0.5) is 6.01 Å². The molecule has 2 heterocycles. The van der Waals surface area contributed by atoms with Crippen molar-refractivity contribution in [1.29, 1.82) is 0 Å². The fourth-order valence-corrected chi connectivity index (χ4v) is 2.35. The summed E-state index contributed by atoms with van der Waals surface area (Å²) in [5.74, 6) is 0. The Morgan fingerprint density at radius 3 is 3.00 bits per heavy atom. The molecule has 0 amide bonds. The van der Waals surface area contributed by atoms with Gasteiger partial charge in [-0.2, -0.15) is 4.98 Å². The van der Waals surface area contributed by atoms with Gasteiger partial charge < -0.3 is 19.3 Å². The SMILES string of the molecule is CCC1CN(C)CCCN1c1nc(CO)co1. The van der Waals surface area contributed by atoms with Crippen LogP contribution >= 0.6 is 0 Å². The lowest BCUT2D eigenvalue weighted by Crippen LogP contribution is -2.40. The molecule has 0 radical (unpaired) electrons. The Bertz CT molecular complexity index is 353. The summed E-state index contributed by atoms with van der Waals surface area (Å²) in [4.78, 5) is 8.88. The van der Waals surface area contributed by atoms with Gasteiger partial charge in [0.1, 0.15) is 12.0 Å². The summed E-state index contributed by atoms with van der Waals surface area (Å²) in [6.07, 6.45) is 3.72. The number of rotatable bonds is 3. The molecule has 2 rings (SSSR count). The topological polar surface area (TPSA) is 52.7 Å². The fraction of sp³-hybridized carbons (Fsp3) is 0.750. The summed E-state index contributed by atoms with van der Waals surface area (Å²) in [7, 11) is 2.15. The van der Waals surface area contributed by atoms with Crippen LogP contribution in [0.25, 0.3) is 0 Å². The average Bonchev–Trinajstić information content (AvgIpc) is 2.73. The van der Waals surface area contributed by atoms with E-state index in [9.17, 15) is 0 Å². The zero-order valence-corrected chi connectivity index (χ0v) is 10.6. The van der Waals surface area contributed by atoms with Crippen LogP contribution in [0.3, 0.4) is 0 Å². The van der Waals surface area contributed by atoms with Crippen LogP contribution in [0.15, 0.2) is 10.7 Å². The zero-order valence-electron chi connectivity index (χ0n) is 10.6. The molecule has 1 saturated heterocycles. The molecule has 0 saturated carbocycles. The molecule has 0 aromatic carbocycles. The van der Waals surface area contributed by atoms with Crippen LogP contribution in [0.2, 0.25) is 0 Å². The molecule has 1 fully saturated rings. The Hall–Kier alpha value is -1.07. The van der Waals surface area contributed by atoms with E-state index in [-0.39, 0.29) is 6.61 Å². The first-order valence-electron chi connectivity index (χ1n) is 6.25. The third-order valence-electron chi connectivity index (χ3n) is 3.32. The van der Waals surface area contributed by atoms with Crippen molar-refractivity contribution < 1.29 is 9.52 Å². The first-order valence-corrected chi connectivity index (χ1v) is 6.25. The van der Waals surface area contributed by atoms with Crippen LogP contribution in [0.1, 0.15) is 25.5 Å². The highest BCUT2D eigenvalue weighted by molar-refractivity contribution is 5.29. The predicted octanol–water partition coefficient (Wildman–Crippen LogP) is 1.09. The molecule has 96 valence electrons. The predicted molar refractivity (Wildman–Crippen MR) is 66.0 cm³/mol. The average molecular weight is 239 g/mol. The van der Waals surface area contributed by atoms with Gasteiger partial charge in [-0.15, -0.1) is 0 Å². The standard InChI is InChI=1S/C12H21N3O2/c1-3-11-7-14(2)5-4-6-15(11)12-13-10(8-16)9-17-12/h9,11,16H,3-8H2,1-2H3. The summed E-state index contributed by atoms with van der Waals surface area (Å²) in [6, 6.07) is 1.09. The third-order valence-corrected chi connectivity index (χ3v) is 3.32. The monoisotopic (exact) mass is 239 g/mol. The summed E-state index contributed by atoms with van der Waals surface area (Å²) in [6.45, 7) is 5.24. The van der Waals surface area contributed by atoms with Gasteiger partial charge in [-0.05, 0) is 26.4 Å². The molecule has 1 aliphatic heterocycles. The quantitative estimate of drug-likeness (QED) is 0.855. The molecule has 1 unspecified atom stereocenters. The van der Waals surface area contributed by atoms with Crippen molar-refractivity contribution >= 4 is 6.01 Å². The highest BCUT2D eigenvalue weighted by atomic mass is 16.4. The maximum Gasteiger partial charge on any atom is 0.297 e. The molecule has 0 spiro atoms. The molecule has 5 nitrogen and oxygen atoms in total. The van der Waals surface area contributed by atoms with Gasteiger partial charge in [-0.25, -0.2) is 0 Å². The summed E-state index contributed by atoms with van der Waals surface area (Å²) < 4.78 is 5.45. The fourth-order valence-electron chi connectivity index (χ4n) is 2.35. The normalized spacial score (nSPS) is 22.8. The van der Waals surface area contributed by atoms with Gasteiger partial charge in [0.25, 0.3) is 6.01 Å². The lowest BCUT2D eigenvalue weighted by atomic mass is 10.2. The highest BCUT2D eigenvalue weighted by Crippen LogP contribution is 2.21. The first-order chi connectivity index (χ1) is 8.24. The largest absolute Gasteiger partial charge is 0.432 e. The summed E-state index contributed by atoms with van der Waals surface area (Å²) in [5, 5.41) is 9.02. The molecule has 1 atom stereocenters. The number of oxazole rings is 1. The second kappa shape index (κ2) is 5.51. The summed E-state index contributed by atoms with van der Waals surface area (Å²) in [5.41, 5.74) is 0.604. The van der Waals surface area contributed by atoms with Crippen LogP contribution in [-0.4, -0.2) is 47.7 Å². The maximum atomic E-state index is 9.02. The third kappa shape index (κ3) is 2.79. The van der Waals surface area contributed by atoms with E-state index < -0.39 is 0 Å². The molecular formula is C12H21N3O2. The second-order valence-electron chi connectivity index (χ2n) is 4.65. The van der Waals surface area contributed by atoms with Gasteiger partial charge in [-0.1, -0.05) is 6.92 Å². The van der Waals surface area contributed by atoms with E-state index in [1.165, 1.54) is 6.26 Å². The lowest BCUT2D eigenvalue weighted by Gasteiger charge is -2.28. The highest BCUT2D eigenvalue weighted by Gasteiger charge is 2.25. The van der Waals surface area contributed by atoms with E-state index in [1.807, 2.05) is 0 Å². The van der Waals surface area contributed by atoms with Crippen molar-refractivity contribution in [2.75, 3.05) is 31.6 Å². The smallest absolute Gasteiger partial charge is 0.297 e. The zero-order chi connectivity index (χ0) is 12.3. The van der Waals surface area contributed by atoms with Gasteiger partial charge in [0, 0.05) is 19.1 Å². The number of hydrogen-bond donors (Lipinski definition) is 1. The molecule has 1 aromatic rings. The summed E-state index contributed by atoms with van der Waals surface area (Å²) >= 11 is 0. The first kappa shape index (κ1) is 12.4. The van der Waals surface area contributed by atoms with E-state index in [2.05, 4.69) is 28.8 Å². The van der Waals surface area contributed by atoms with Gasteiger partial charge in [-0.3, -0.25) is 0 Å². The molecular weight excluding hydrogens is 218 g/mol. The Morgan fingerprint density at radius 2 is 2.35 bits per heavy atom. The van der Waals surface area contributed by atoms with Crippen LogP contribution in [0, 0.1) is 0 Å². The van der Waals surface area contributed by atoms with Crippen LogP contribution in [-0.2, 0) is 6.61 Å². The Balaban J connectivity index is 2.15. The number of likely N-dealkylation sites (N-methyl/N-ethyl adjacent to an activating group) is 1. The van der Waals surface area contributed by atoms with Crippen LogP contribution in [0.5, 0.6) is 0 Å². The van der Waals surface area contributed by atoms with Gasteiger partial charge in [0.2, 0.25) is 0 Å². The van der Waals surface area contributed by atoms with Crippen LogP contribution < -0.4 is 4.90 Å². The number of aliphatic hydroxyl groups is 1. The van der Waals surface area contributed by atoms with E-state index in [0.717, 1.165) is 32.5 Å². The van der Waals surface area contributed by atoms with Gasteiger partial charge in [0.05, 0.1) is 6.61 Å². The van der Waals surface area contributed by atoms with Crippen molar-refractivity contribution in [2.45, 2.75) is 32.4 Å². The number of anilines is 1. The number of aliphatic hydroxyl groups excluding tert-OH is 1. The molecule has 0 aliphatic carbocycles. The molecule has 1 N–H and O–H groups in total. The Kier molecular flexibility index (Phi) is 4.02. The maximum absolute atomic E-state index is 9.02. The van der Waals surface area contributed by atoms with Crippen molar-refractivity contribution in [3.05, 3.63) is 12.0 Å². The lowest BCUT2D eigenvalue weighted by molar-refractivity contribution is 0.276. The minimum Gasteiger partial charge on any atom is -0.432 e. The molecule has 0 bridgehead atoms. The van der Waals surface area contributed by atoms with Crippen molar-refractivity contribution in [1.82, 2.24) is 9.88 Å². The minimum absolute atomic E-state index is 0.0615. The molecule has 1 aromatic heterocycles. The Labute approximate surface area is 102 Å². The van der Waals surface area contributed by atoms with E-state index in [1.54, 1.807) is 0 Å². The molecule has 5 heteroatoms. The second-order valence-corrected chi connectivity index (χ2v) is 4.65. The number of aromatic nitrogens is 1. The van der Waals surface area contributed by atoms with Gasteiger partial charge in [0.15, 0.2) is 0 Å². The number of hydrogen-bond acceptors (Lipinski definition) is 5. The molecule has 1 aliphatic rings. The van der Waals surface area contributed by atoms with E-state index >= 15 is 0 Å². The van der Waals surface area contributed by atoms with Gasteiger partial charge >= 0.3 is 0 Å². The van der Waals surface area contributed by atoms with E-state index in [0.29, 0.717) is 17.8 Å². The van der Waals surface area contributed by atoms with Crippen molar-refractivity contribution in [3.63, 3.8) is 0 Å². The molecule has 17 heavy (non-hydrogen) atoms. The van der Waals surface area contributed by atoms with Crippen molar-refractivity contribution in [3.8, 4) is 0 Å². The van der Waals surface area contributed by atoms with E-state index in [4.69, 9.17) is 9.52 Å². The Morgan fingerprint density at radius 1 is 1.53 bits per heavy atom. The van der Waals surface area contributed by atoms with Crippen molar-refractivity contribution in [2.24, 2.45) is 0 Å². The number of nitrogens with zero attached hydrogens (tertiary/aromatic N) is 3.